The van der Waals surface area contributed by atoms with E-state index >= 15 is 0 Å². The van der Waals surface area contributed by atoms with Crippen molar-refractivity contribution in [3.05, 3.63) is 59.7 Å². The van der Waals surface area contributed by atoms with Crippen LogP contribution >= 0.6 is 0 Å². The van der Waals surface area contributed by atoms with Crippen LogP contribution in [-0.2, 0) is 16.4 Å². The van der Waals surface area contributed by atoms with E-state index in [1.165, 1.54) is 4.31 Å². The Kier molecular flexibility index (Phi) is 5.85. The van der Waals surface area contributed by atoms with Gasteiger partial charge in [-0.1, -0.05) is 31.5 Å². The molecule has 6 heteroatoms. The van der Waals surface area contributed by atoms with Crippen molar-refractivity contribution in [2.24, 2.45) is 0 Å². The highest BCUT2D eigenvalue weighted by atomic mass is 32.2. The van der Waals surface area contributed by atoms with Crippen LogP contribution < -0.4 is 9.62 Å². The summed E-state index contributed by atoms with van der Waals surface area (Å²) >= 11 is 0. The first kappa shape index (κ1) is 19.4. The normalized spacial score (nSPS) is 15.1. The fourth-order valence-corrected chi connectivity index (χ4v) is 5.05. The number of aryl methyl sites for hydroxylation is 1. The summed E-state index contributed by atoms with van der Waals surface area (Å²) in [5.74, 6) is -0.109. The third kappa shape index (κ3) is 4.16. The molecule has 0 aromatic heterocycles. The molecule has 0 unspecified atom stereocenters. The number of rotatable bonds is 6. The summed E-state index contributed by atoms with van der Waals surface area (Å²) in [4.78, 5) is 12.8. The first-order valence-electron chi connectivity index (χ1n) is 9.45. The molecule has 3 rings (SSSR count). The number of carbonyl (C=O) groups is 1. The highest BCUT2D eigenvalue weighted by molar-refractivity contribution is 7.92. The Morgan fingerprint density at radius 3 is 2.63 bits per heavy atom. The molecule has 1 aliphatic heterocycles. The highest BCUT2D eigenvalue weighted by Gasteiger charge is 2.29. The first-order valence-corrected chi connectivity index (χ1v) is 10.9. The van der Waals surface area contributed by atoms with Crippen molar-refractivity contribution in [3.8, 4) is 0 Å². The average molecular weight is 387 g/mol. The van der Waals surface area contributed by atoms with Gasteiger partial charge >= 0.3 is 0 Å². The zero-order valence-electron chi connectivity index (χ0n) is 15.8. The van der Waals surface area contributed by atoms with Crippen molar-refractivity contribution in [2.75, 3.05) is 10.8 Å². The van der Waals surface area contributed by atoms with Gasteiger partial charge < -0.3 is 5.32 Å². The van der Waals surface area contributed by atoms with E-state index in [1.807, 2.05) is 13.0 Å². The van der Waals surface area contributed by atoms with Gasteiger partial charge in [-0.2, -0.15) is 0 Å². The molecule has 0 saturated carbocycles. The van der Waals surface area contributed by atoms with E-state index in [1.54, 1.807) is 42.5 Å². The molecular weight excluding hydrogens is 360 g/mol. The number of fused-ring (bicyclic) bond motifs is 1. The Bertz CT molecular complexity index is 910. The van der Waals surface area contributed by atoms with Gasteiger partial charge in [0.25, 0.3) is 15.9 Å². The van der Waals surface area contributed by atoms with Crippen LogP contribution in [-0.4, -0.2) is 26.9 Å². The number of sulfonamides is 1. The lowest BCUT2D eigenvalue weighted by Crippen LogP contribution is -2.36. The number of nitrogens with one attached hydrogen (secondary N) is 1. The summed E-state index contributed by atoms with van der Waals surface area (Å²) in [6.07, 6.45) is 3.44. The van der Waals surface area contributed by atoms with Crippen molar-refractivity contribution in [1.82, 2.24) is 5.32 Å². The summed E-state index contributed by atoms with van der Waals surface area (Å²) in [7, 11) is -3.60. The van der Waals surface area contributed by atoms with Crippen molar-refractivity contribution in [3.63, 3.8) is 0 Å². The lowest BCUT2D eigenvalue weighted by molar-refractivity contribution is 0.0938. The van der Waals surface area contributed by atoms with E-state index in [-0.39, 0.29) is 16.8 Å². The number of hydrogen-bond acceptors (Lipinski definition) is 3. The average Bonchev–Trinajstić information content (AvgIpc) is 2.67. The van der Waals surface area contributed by atoms with Crippen LogP contribution in [0.25, 0.3) is 0 Å². The van der Waals surface area contributed by atoms with Gasteiger partial charge in [-0.05, 0) is 62.1 Å². The van der Waals surface area contributed by atoms with Crippen LogP contribution in [0.5, 0.6) is 0 Å². The molecule has 1 atom stereocenters. The molecule has 1 heterocycles. The van der Waals surface area contributed by atoms with Gasteiger partial charge in [-0.15, -0.1) is 0 Å². The molecule has 144 valence electrons. The minimum Gasteiger partial charge on any atom is -0.350 e. The van der Waals surface area contributed by atoms with Gasteiger partial charge in [-0.3, -0.25) is 9.10 Å². The van der Waals surface area contributed by atoms with E-state index in [2.05, 4.69) is 12.2 Å². The van der Waals surface area contributed by atoms with E-state index in [4.69, 9.17) is 0 Å². The topological polar surface area (TPSA) is 66.5 Å². The third-order valence-corrected chi connectivity index (χ3v) is 6.68. The predicted molar refractivity (Wildman–Crippen MR) is 108 cm³/mol. The van der Waals surface area contributed by atoms with Crippen molar-refractivity contribution in [2.45, 2.75) is 50.5 Å². The lowest BCUT2D eigenvalue weighted by Gasteiger charge is -2.30. The monoisotopic (exact) mass is 386 g/mol. The fourth-order valence-electron chi connectivity index (χ4n) is 3.49. The summed E-state index contributed by atoms with van der Waals surface area (Å²) in [6, 6.07) is 13.9. The third-order valence-electron chi connectivity index (χ3n) is 4.85. The minimum absolute atomic E-state index is 0.109. The van der Waals surface area contributed by atoms with Crippen LogP contribution in [0.2, 0.25) is 0 Å². The van der Waals surface area contributed by atoms with Gasteiger partial charge in [0.1, 0.15) is 0 Å². The fraction of sp³-hybridized carbons (Fsp3) is 0.381. The van der Waals surface area contributed by atoms with Gasteiger partial charge in [0.05, 0.1) is 10.6 Å². The Morgan fingerprint density at radius 1 is 1.19 bits per heavy atom. The smallest absolute Gasteiger partial charge is 0.264 e. The maximum atomic E-state index is 13.0. The van der Waals surface area contributed by atoms with Gasteiger partial charge in [-0.25, -0.2) is 8.42 Å². The van der Waals surface area contributed by atoms with Crippen LogP contribution in [0.15, 0.2) is 53.4 Å². The second-order valence-electron chi connectivity index (χ2n) is 7.00. The molecule has 27 heavy (non-hydrogen) atoms. The maximum Gasteiger partial charge on any atom is 0.264 e. The van der Waals surface area contributed by atoms with Crippen LogP contribution in [0, 0.1) is 0 Å². The van der Waals surface area contributed by atoms with E-state index in [9.17, 15) is 13.2 Å². The van der Waals surface area contributed by atoms with Crippen molar-refractivity contribution >= 4 is 21.6 Å². The van der Waals surface area contributed by atoms with E-state index < -0.39 is 10.0 Å². The first-order chi connectivity index (χ1) is 12.9. The number of nitrogens with zero attached hydrogens (tertiary/aromatic N) is 1. The summed E-state index contributed by atoms with van der Waals surface area (Å²) < 4.78 is 27.5. The molecule has 1 amide bonds. The Morgan fingerprint density at radius 2 is 1.93 bits per heavy atom. The lowest BCUT2D eigenvalue weighted by atomic mass is 10.0. The summed E-state index contributed by atoms with van der Waals surface area (Å²) in [6.45, 7) is 4.53. The number of hydrogen-bond donors (Lipinski definition) is 1. The molecule has 2 aromatic rings. The molecule has 0 aliphatic carbocycles. The number of benzene rings is 2. The second kappa shape index (κ2) is 8.13. The second-order valence-corrected chi connectivity index (χ2v) is 8.86. The molecule has 1 N–H and O–H groups in total. The number of carbonyl (C=O) groups excluding carboxylic acids is 1. The van der Waals surface area contributed by atoms with Crippen LogP contribution in [0.1, 0.15) is 49.0 Å². The largest absolute Gasteiger partial charge is 0.350 e. The van der Waals surface area contributed by atoms with Gasteiger partial charge in [0, 0.05) is 18.2 Å². The van der Waals surface area contributed by atoms with E-state index in [0.717, 1.165) is 31.2 Å². The zero-order chi connectivity index (χ0) is 19.4. The molecule has 0 spiro atoms. The molecule has 0 radical (unpaired) electrons. The molecule has 0 bridgehead atoms. The standard InChI is InChI=1S/C21H26N2O3S/c1-3-8-16(2)22-21(24)18-12-13-20-17(15-18)9-7-14-23(20)27(25,26)19-10-5-4-6-11-19/h4-6,10-13,15-16H,3,7-9,14H2,1-2H3,(H,22,24)/t16-/m0/s1. The number of anilines is 1. The summed E-state index contributed by atoms with van der Waals surface area (Å²) in [5, 5.41) is 3.00. The Hall–Kier alpha value is -2.34. The maximum absolute atomic E-state index is 13.0. The van der Waals surface area contributed by atoms with Crippen molar-refractivity contribution < 1.29 is 13.2 Å². The van der Waals surface area contributed by atoms with Crippen molar-refractivity contribution in [1.29, 1.82) is 0 Å². The van der Waals surface area contributed by atoms with E-state index in [0.29, 0.717) is 17.8 Å². The zero-order valence-corrected chi connectivity index (χ0v) is 16.6. The number of amides is 1. The Balaban J connectivity index is 1.88. The predicted octanol–water partition coefficient (Wildman–Crippen LogP) is 3.75. The minimum atomic E-state index is -3.60. The molecule has 5 nitrogen and oxygen atoms in total. The Labute approximate surface area is 161 Å². The summed E-state index contributed by atoms with van der Waals surface area (Å²) in [5.41, 5.74) is 2.15. The molecule has 0 fully saturated rings. The quantitative estimate of drug-likeness (QED) is 0.822. The molecule has 1 aliphatic rings. The van der Waals surface area contributed by atoms with Crippen LogP contribution in [0.3, 0.4) is 0 Å². The SMILES string of the molecule is CCC[C@H](C)NC(=O)c1ccc2c(c1)CCCN2S(=O)(=O)c1ccccc1. The van der Waals surface area contributed by atoms with Gasteiger partial charge in [0.15, 0.2) is 0 Å². The highest BCUT2D eigenvalue weighted by Crippen LogP contribution is 2.32. The van der Waals surface area contributed by atoms with Gasteiger partial charge in [0.2, 0.25) is 0 Å². The molecule has 2 aromatic carbocycles. The van der Waals surface area contributed by atoms with Crippen LogP contribution in [0.4, 0.5) is 5.69 Å². The molecular formula is C21H26N2O3S. The molecule has 0 saturated heterocycles.